The van der Waals surface area contributed by atoms with E-state index >= 15 is 0 Å². The molecule has 0 aliphatic carbocycles. The molecular formula is C16H25N3O3S. The second kappa shape index (κ2) is 7.90. The third kappa shape index (κ3) is 5.02. The molecule has 0 saturated carbocycles. The average molecular weight is 339 g/mol. The molecule has 0 atom stereocenters. The van der Waals surface area contributed by atoms with Crippen LogP contribution in [0.2, 0.25) is 0 Å². The summed E-state index contributed by atoms with van der Waals surface area (Å²) in [5.41, 5.74) is 0.523. The Morgan fingerprint density at radius 1 is 1.22 bits per heavy atom. The topological polar surface area (TPSA) is 78.5 Å². The number of hydrogen-bond donors (Lipinski definition) is 2. The minimum atomic E-state index is -3.51. The van der Waals surface area contributed by atoms with Gasteiger partial charge in [-0.05, 0) is 43.1 Å². The molecule has 6 nitrogen and oxygen atoms in total. The van der Waals surface area contributed by atoms with Crippen molar-refractivity contribution in [2.45, 2.75) is 25.2 Å². The van der Waals surface area contributed by atoms with E-state index in [0.717, 1.165) is 26.1 Å². The van der Waals surface area contributed by atoms with E-state index in [9.17, 15) is 13.2 Å². The van der Waals surface area contributed by atoms with Crippen molar-refractivity contribution in [3.63, 3.8) is 0 Å². The van der Waals surface area contributed by atoms with E-state index in [0.29, 0.717) is 18.7 Å². The largest absolute Gasteiger partial charge is 0.337 e. The zero-order chi connectivity index (χ0) is 16.9. The summed E-state index contributed by atoms with van der Waals surface area (Å²) in [6.45, 7) is 7.39. The van der Waals surface area contributed by atoms with E-state index in [2.05, 4.69) is 10.0 Å². The summed E-state index contributed by atoms with van der Waals surface area (Å²) < 4.78 is 26.9. The molecular weight excluding hydrogens is 314 g/mol. The van der Waals surface area contributed by atoms with Crippen LogP contribution in [-0.2, 0) is 10.0 Å². The van der Waals surface area contributed by atoms with Crippen molar-refractivity contribution in [1.29, 1.82) is 0 Å². The first kappa shape index (κ1) is 17.9. The van der Waals surface area contributed by atoms with E-state index in [4.69, 9.17) is 0 Å². The molecule has 1 fully saturated rings. The van der Waals surface area contributed by atoms with Crippen LogP contribution < -0.4 is 10.0 Å². The van der Waals surface area contributed by atoms with E-state index in [1.165, 1.54) is 12.1 Å². The Hall–Kier alpha value is -1.44. The fourth-order valence-corrected chi connectivity index (χ4v) is 3.58. The Kier molecular flexibility index (Phi) is 6.15. The highest BCUT2D eigenvalue weighted by Crippen LogP contribution is 2.13. The van der Waals surface area contributed by atoms with Crippen molar-refractivity contribution in [3.8, 4) is 0 Å². The molecule has 1 aliphatic rings. The van der Waals surface area contributed by atoms with Crippen molar-refractivity contribution in [1.82, 2.24) is 14.9 Å². The summed E-state index contributed by atoms with van der Waals surface area (Å²) in [5.74, 6) is 0.190. The smallest absolute Gasteiger partial charge is 0.253 e. The van der Waals surface area contributed by atoms with Crippen molar-refractivity contribution in [2.24, 2.45) is 5.92 Å². The van der Waals surface area contributed by atoms with Gasteiger partial charge in [0.15, 0.2) is 0 Å². The third-order valence-electron chi connectivity index (χ3n) is 3.72. The second-order valence-electron chi connectivity index (χ2n) is 6.17. The molecule has 2 N–H and O–H groups in total. The minimum Gasteiger partial charge on any atom is -0.337 e. The summed E-state index contributed by atoms with van der Waals surface area (Å²) >= 11 is 0. The van der Waals surface area contributed by atoms with Crippen molar-refractivity contribution in [3.05, 3.63) is 29.8 Å². The quantitative estimate of drug-likeness (QED) is 0.841. The maximum absolute atomic E-state index is 12.5. The molecule has 0 aromatic heterocycles. The lowest BCUT2D eigenvalue weighted by Crippen LogP contribution is -2.34. The fourth-order valence-electron chi connectivity index (χ4n) is 2.37. The lowest BCUT2D eigenvalue weighted by Gasteiger charge is -2.20. The molecule has 1 amide bonds. The normalized spacial score (nSPS) is 16.4. The number of hydrogen-bond acceptors (Lipinski definition) is 4. The highest BCUT2D eigenvalue weighted by Gasteiger charge is 2.19. The first-order valence-corrected chi connectivity index (χ1v) is 9.48. The van der Waals surface area contributed by atoms with E-state index in [1.54, 1.807) is 17.0 Å². The SMILES string of the molecule is CC(C)CNS(=O)(=O)c1ccc(C(=O)N2CCCNCC2)cc1. The van der Waals surface area contributed by atoms with Gasteiger partial charge in [-0.1, -0.05) is 13.8 Å². The first-order chi connectivity index (χ1) is 10.9. The molecule has 2 rings (SSSR count). The summed E-state index contributed by atoms with van der Waals surface area (Å²) in [6.07, 6.45) is 0.928. The number of sulfonamides is 1. The first-order valence-electron chi connectivity index (χ1n) is 8.00. The van der Waals surface area contributed by atoms with Crippen LogP contribution >= 0.6 is 0 Å². The van der Waals surface area contributed by atoms with Gasteiger partial charge in [-0.3, -0.25) is 4.79 Å². The summed E-state index contributed by atoms with van der Waals surface area (Å²) in [7, 11) is -3.51. The van der Waals surface area contributed by atoms with Gasteiger partial charge in [0, 0.05) is 31.7 Å². The Balaban J connectivity index is 2.07. The van der Waals surface area contributed by atoms with Crippen LogP contribution in [0.1, 0.15) is 30.6 Å². The average Bonchev–Trinajstić information content (AvgIpc) is 2.82. The van der Waals surface area contributed by atoms with Crippen LogP contribution in [-0.4, -0.2) is 51.9 Å². The Morgan fingerprint density at radius 2 is 1.91 bits per heavy atom. The highest BCUT2D eigenvalue weighted by atomic mass is 32.2. The molecule has 1 aromatic carbocycles. The zero-order valence-corrected chi connectivity index (χ0v) is 14.5. The van der Waals surface area contributed by atoms with Gasteiger partial charge in [0.2, 0.25) is 10.0 Å². The number of carbonyl (C=O) groups is 1. The molecule has 0 unspecified atom stereocenters. The molecule has 7 heteroatoms. The maximum Gasteiger partial charge on any atom is 0.253 e. The molecule has 128 valence electrons. The van der Waals surface area contributed by atoms with E-state index in [1.807, 2.05) is 13.8 Å². The van der Waals surface area contributed by atoms with Gasteiger partial charge in [0.05, 0.1) is 4.90 Å². The summed E-state index contributed by atoms with van der Waals surface area (Å²) in [5, 5.41) is 3.25. The second-order valence-corrected chi connectivity index (χ2v) is 7.93. The van der Waals surface area contributed by atoms with E-state index in [-0.39, 0.29) is 16.7 Å². The van der Waals surface area contributed by atoms with Crippen LogP contribution in [0, 0.1) is 5.92 Å². The van der Waals surface area contributed by atoms with Crippen molar-refractivity contribution in [2.75, 3.05) is 32.7 Å². The van der Waals surface area contributed by atoms with Gasteiger partial charge in [-0.2, -0.15) is 0 Å². The molecule has 0 radical (unpaired) electrons. The molecule has 1 heterocycles. The number of amides is 1. The van der Waals surface area contributed by atoms with Gasteiger partial charge in [-0.15, -0.1) is 0 Å². The maximum atomic E-state index is 12.5. The van der Waals surface area contributed by atoms with Gasteiger partial charge >= 0.3 is 0 Å². The molecule has 1 aromatic rings. The minimum absolute atomic E-state index is 0.0483. The molecule has 0 bridgehead atoms. The predicted octanol–water partition coefficient (Wildman–Crippen LogP) is 1.06. The molecule has 1 aliphatic heterocycles. The van der Waals surface area contributed by atoms with Gasteiger partial charge in [0.1, 0.15) is 0 Å². The van der Waals surface area contributed by atoms with E-state index < -0.39 is 10.0 Å². The van der Waals surface area contributed by atoms with Gasteiger partial charge in [-0.25, -0.2) is 13.1 Å². The predicted molar refractivity (Wildman–Crippen MR) is 89.9 cm³/mol. The number of carbonyl (C=O) groups excluding carboxylic acids is 1. The van der Waals surface area contributed by atoms with Gasteiger partial charge < -0.3 is 10.2 Å². The number of rotatable bonds is 5. The Morgan fingerprint density at radius 3 is 2.57 bits per heavy atom. The standard InChI is InChI=1S/C16H25N3O3S/c1-13(2)12-18-23(21,22)15-6-4-14(5-7-15)16(20)19-10-3-8-17-9-11-19/h4-7,13,17-18H,3,8-12H2,1-2H3. The Bertz CT molecular complexity index is 618. The number of nitrogens with zero attached hydrogens (tertiary/aromatic N) is 1. The van der Waals surface area contributed by atoms with Crippen LogP contribution in [0.3, 0.4) is 0 Å². The fraction of sp³-hybridized carbons (Fsp3) is 0.562. The van der Waals surface area contributed by atoms with Crippen LogP contribution in [0.5, 0.6) is 0 Å². The zero-order valence-electron chi connectivity index (χ0n) is 13.7. The monoisotopic (exact) mass is 339 g/mol. The molecule has 0 spiro atoms. The Labute approximate surface area is 138 Å². The van der Waals surface area contributed by atoms with Crippen molar-refractivity contribution < 1.29 is 13.2 Å². The summed E-state index contributed by atoms with van der Waals surface area (Å²) in [6, 6.07) is 6.16. The number of nitrogens with one attached hydrogen (secondary N) is 2. The summed E-state index contributed by atoms with van der Waals surface area (Å²) in [4.78, 5) is 14.5. The molecule has 23 heavy (non-hydrogen) atoms. The molecule has 1 saturated heterocycles. The van der Waals surface area contributed by atoms with Crippen LogP contribution in [0.15, 0.2) is 29.2 Å². The number of benzene rings is 1. The van der Waals surface area contributed by atoms with Crippen LogP contribution in [0.4, 0.5) is 0 Å². The van der Waals surface area contributed by atoms with Gasteiger partial charge in [0.25, 0.3) is 5.91 Å². The lowest BCUT2D eigenvalue weighted by atomic mass is 10.2. The lowest BCUT2D eigenvalue weighted by molar-refractivity contribution is 0.0766. The highest BCUT2D eigenvalue weighted by molar-refractivity contribution is 7.89. The third-order valence-corrected chi connectivity index (χ3v) is 5.16. The van der Waals surface area contributed by atoms with Crippen molar-refractivity contribution >= 4 is 15.9 Å². The van der Waals surface area contributed by atoms with Crippen LogP contribution in [0.25, 0.3) is 0 Å².